The normalized spacial score (nSPS) is 35.3. The molecule has 3 heterocycles. The third-order valence-corrected chi connectivity index (χ3v) is 6.58. The van der Waals surface area contributed by atoms with Crippen LogP contribution >= 0.6 is 0 Å². The van der Waals surface area contributed by atoms with E-state index in [-0.39, 0.29) is 29.5 Å². The molecule has 1 saturated heterocycles. The number of fused-ring (bicyclic) bond motifs is 1. The van der Waals surface area contributed by atoms with E-state index in [0.717, 1.165) is 50.5 Å². The minimum atomic E-state index is -0.307. The van der Waals surface area contributed by atoms with Crippen LogP contribution in [0.1, 0.15) is 45.1 Å². The predicted octanol–water partition coefficient (Wildman–Crippen LogP) is 1.40. The maximum atomic E-state index is 11.9. The highest BCUT2D eigenvalue weighted by Crippen LogP contribution is 2.54. The van der Waals surface area contributed by atoms with Gasteiger partial charge >= 0.3 is 0 Å². The molecule has 4 rings (SSSR count). The average molecular weight is 346 g/mol. The van der Waals surface area contributed by atoms with E-state index in [2.05, 4.69) is 34.5 Å². The van der Waals surface area contributed by atoms with E-state index >= 15 is 0 Å². The summed E-state index contributed by atoms with van der Waals surface area (Å²) in [6.07, 6.45) is 3.61. The Hall–Kier alpha value is -1.40. The molecule has 2 unspecified atom stereocenters. The molecule has 1 amide bonds. The Kier molecular flexibility index (Phi) is 3.96. The van der Waals surface area contributed by atoms with Crippen molar-refractivity contribution in [2.75, 3.05) is 13.1 Å². The van der Waals surface area contributed by atoms with Crippen molar-refractivity contribution in [1.29, 1.82) is 0 Å². The lowest BCUT2D eigenvalue weighted by molar-refractivity contribution is -0.158. The standard InChI is InChI=1S/C19H30N4O2/c1-12(2)18-19(11-23(18)14(4)24)7-15(16(25)8-19)21-5-6-22-9-13(3)20-17(22)10-21/h9,12,15-16,18,25H,5-8,10-11H2,1-4H3/t15-,16-,18?,19?/m1/s1. The topological polar surface area (TPSA) is 61.6 Å². The Morgan fingerprint density at radius 3 is 2.80 bits per heavy atom. The third kappa shape index (κ3) is 2.61. The molecule has 0 bridgehead atoms. The number of nitrogens with zero attached hydrogens (tertiary/aromatic N) is 4. The predicted molar refractivity (Wildman–Crippen MR) is 94.8 cm³/mol. The quantitative estimate of drug-likeness (QED) is 0.879. The number of aromatic nitrogens is 2. The van der Waals surface area contributed by atoms with Gasteiger partial charge in [-0.05, 0) is 25.7 Å². The summed E-state index contributed by atoms with van der Waals surface area (Å²) in [5, 5.41) is 10.8. The smallest absolute Gasteiger partial charge is 0.219 e. The molecule has 2 fully saturated rings. The summed E-state index contributed by atoms with van der Waals surface area (Å²) in [6, 6.07) is 0.444. The molecule has 6 nitrogen and oxygen atoms in total. The van der Waals surface area contributed by atoms with Crippen LogP contribution in [-0.2, 0) is 17.9 Å². The van der Waals surface area contributed by atoms with Gasteiger partial charge in [-0.25, -0.2) is 4.98 Å². The van der Waals surface area contributed by atoms with Gasteiger partial charge in [-0.2, -0.15) is 0 Å². The van der Waals surface area contributed by atoms with Crippen LogP contribution in [0.3, 0.4) is 0 Å². The summed E-state index contributed by atoms with van der Waals surface area (Å²) in [4.78, 5) is 21.0. The number of rotatable bonds is 2. The van der Waals surface area contributed by atoms with Crippen LogP contribution in [0, 0.1) is 18.3 Å². The van der Waals surface area contributed by atoms with Crippen LogP contribution in [0.2, 0.25) is 0 Å². The molecule has 4 atom stereocenters. The number of aliphatic hydroxyl groups excluding tert-OH is 1. The van der Waals surface area contributed by atoms with Gasteiger partial charge in [0, 0.05) is 50.3 Å². The molecule has 1 spiro atoms. The van der Waals surface area contributed by atoms with Crippen molar-refractivity contribution in [3.63, 3.8) is 0 Å². The summed E-state index contributed by atoms with van der Waals surface area (Å²) < 4.78 is 2.24. The third-order valence-electron chi connectivity index (χ3n) is 6.58. The van der Waals surface area contributed by atoms with Gasteiger partial charge in [-0.1, -0.05) is 13.8 Å². The second-order valence-electron chi connectivity index (χ2n) is 8.70. The van der Waals surface area contributed by atoms with Gasteiger partial charge in [0.05, 0.1) is 18.3 Å². The number of hydrogen-bond acceptors (Lipinski definition) is 4. The Morgan fingerprint density at radius 2 is 2.12 bits per heavy atom. The summed E-state index contributed by atoms with van der Waals surface area (Å²) in [6.45, 7) is 11.6. The lowest BCUT2D eigenvalue weighted by Gasteiger charge is -2.58. The fraction of sp³-hybridized carbons (Fsp3) is 0.789. The maximum Gasteiger partial charge on any atom is 0.219 e. The van der Waals surface area contributed by atoms with Gasteiger partial charge in [0.1, 0.15) is 5.82 Å². The molecule has 2 aliphatic heterocycles. The van der Waals surface area contributed by atoms with Gasteiger partial charge in [0.2, 0.25) is 5.91 Å². The molecular weight excluding hydrogens is 316 g/mol. The number of likely N-dealkylation sites (tertiary alicyclic amines) is 1. The molecule has 1 N–H and O–H groups in total. The van der Waals surface area contributed by atoms with Crippen molar-refractivity contribution in [3.05, 3.63) is 17.7 Å². The van der Waals surface area contributed by atoms with Crippen molar-refractivity contribution in [2.45, 2.75) is 71.8 Å². The van der Waals surface area contributed by atoms with Crippen LogP contribution in [0.15, 0.2) is 6.20 Å². The monoisotopic (exact) mass is 346 g/mol. The van der Waals surface area contributed by atoms with Gasteiger partial charge in [0.15, 0.2) is 0 Å². The van der Waals surface area contributed by atoms with E-state index < -0.39 is 0 Å². The molecule has 138 valence electrons. The van der Waals surface area contributed by atoms with Gasteiger partial charge in [-0.3, -0.25) is 9.69 Å². The zero-order valence-electron chi connectivity index (χ0n) is 15.8. The van der Waals surface area contributed by atoms with Crippen molar-refractivity contribution >= 4 is 5.91 Å². The highest BCUT2D eigenvalue weighted by Gasteiger charge is 2.60. The number of carbonyl (C=O) groups excluding carboxylic acids is 1. The van der Waals surface area contributed by atoms with E-state index in [1.165, 1.54) is 0 Å². The van der Waals surface area contributed by atoms with E-state index in [1.807, 2.05) is 11.8 Å². The first kappa shape index (κ1) is 17.0. The van der Waals surface area contributed by atoms with Crippen molar-refractivity contribution < 1.29 is 9.90 Å². The minimum absolute atomic E-state index is 0.0900. The molecule has 1 aromatic heterocycles. The molecule has 1 aromatic rings. The Labute approximate surface area is 149 Å². The van der Waals surface area contributed by atoms with Crippen molar-refractivity contribution in [3.8, 4) is 0 Å². The highest BCUT2D eigenvalue weighted by atomic mass is 16.3. The second-order valence-corrected chi connectivity index (χ2v) is 8.70. The molecule has 1 saturated carbocycles. The van der Waals surface area contributed by atoms with Crippen molar-refractivity contribution in [1.82, 2.24) is 19.4 Å². The van der Waals surface area contributed by atoms with Gasteiger partial charge in [0.25, 0.3) is 0 Å². The highest BCUT2D eigenvalue weighted by molar-refractivity contribution is 5.75. The van der Waals surface area contributed by atoms with Gasteiger partial charge < -0.3 is 14.6 Å². The van der Waals surface area contributed by atoms with Crippen LogP contribution in [0.25, 0.3) is 0 Å². The van der Waals surface area contributed by atoms with Crippen LogP contribution < -0.4 is 0 Å². The first-order valence-corrected chi connectivity index (χ1v) is 9.53. The molecular formula is C19H30N4O2. The second kappa shape index (κ2) is 5.81. The number of carbonyl (C=O) groups is 1. The van der Waals surface area contributed by atoms with E-state index in [0.29, 0.717) is 5.92 Å². The SMILES string of the molecule is CC(=O)N1CC2(C[C@@H](O)[C@H](N3CCn4cc(C)nc4C3)C2)C1C(C)C. The Balaban J connectivity index is 1.51. The number of imidazole rings is 1. The maximum absolute atomic E-state index is 11.9. The fourth-order valence-corrected chi connectivity index (χ4v) is 5.75. The first-order chi connectivity index (χ1) is 11.8. The molecule has 0 radical (unpaired) electrons. The molecule has 3 aliphatic rings. The van der Waals surface area contributed by atoms with Crippen LogP contribution in [-0.4, -0.2) is 61.6 Å². The Bertz CT molecular complexity index is 685. The number of hydrogen-bond donors (Lipinski definition) is 1. The summed E-state index contributed by atoms with van der Waals surface area (Å²) >= 11 is 0. The number of amides is 1. The molecule has 0 aromatic carbocycles. The summed E-state index contributed by atoms with van der Waals surface area (Å²) in [5.74, 6) is 1.69. The molecule has 6 heteroatoms. The first-order valence-electron chi connectivity index (χ1n) is 9.53. The lowest BCUT2D eigenvalue weighted by atomic mass is 9.65. The molecule has 1 aliphatic carbocycles. The van der Waals surface area contributed by atoms with Crippen molar-refractivity contribution in [2.24, 2.45) is 11.3 Å². The average Bonchev–Trinajstić information content (AvgIpc) is 3.03. The summed E-state index contributed by atoms with van der Waals surface area (Å²) in [7, 11) is 0. The van der Waals surface area contributed by atoms with Gasteiger partial charge in [-0.15, -0.1) is 0 Å². The minimum Gasteiger partial charge on any atom is -0.391 e. The van der Waals surface area contributed by atoms with E-state index in [4.69, 9.17) is 0 Å². The van der Waals surface area contributed by atoms with E-state index in [9.17, 15) is 9.90 Å². The molecule has 25 heavy (non-hydrogen) atoms. The Morgan fingerprint density at radius 1 is 1.36 bits per heavy atom. The fourth-order valence-electron chi connectivity index (χ4n) is 5.75. The zero-order valence-corrected chi connectivity index (χ0v) is 15.8. The van der Waals surface area contributed by atoms with E-state index in [1.54, 1.807) is 6.92 Å². The van der Waals surface area contributed by atoms with Crippen LogP contribution in [0.5, 0.6) is 0 Å². The summed E-state index contributed by atoms with van der Waals surface area (Å²) in [5.41, 5.74) is 1.16. The number of aryl methyl sites for hydroxylation is 1. The van der Waals surface area contributed by atoms with Crippen LogP contribution in [0.4, 0.5) is 0 Å². The zero-order chi connectivity index (χ0) is 17.9. The number of aliphatic hydroxyl groups is 1. The largest absolute Gasteiger partial charge is 0.391 e. The lowest BCUT2D eigenvalue weighted by Crippen LogP contribution is -2.67.